The summed E-state index contributed by atoms with van der Waals surface area (Å²) in [5.41, 5.74) is -0.672. The number of carboxylic acid groups (broad SMARTS) is 1. The number of Topliss-reactive ketones (excluding diaryl/α,β-unsaturated/α-hetero) is 1. The molecule has 1 aliphatic rings. The number of aromatic nitrogens is 1. The van der Waals surface area contributed by atoms with E-state index in [0.29, 0.717) is 25.0 Å². The SMILES string of the molecule is C=CCC[C@](C)(O)C/C=C/[C@@H]1CCC(=O)[C@@H]1CCSc1nc(C(=O)O)cs1. The van der Waals surface area contributed by atoms with Crippen molar-refractivity contribution in [2.75, 3.05) is 5.75 Å². The molecule has 2 rings (SSSR count). The van der Waals surface area contributed by atoms with E-state index in [9.17, 15) is 14.7 Å². The van der Waals surface area contributed by atoms with Crippen LogP contribution in [0.3, 0.4) is 0 Å². The van der Waals surface area contributed by atoms with Gasteiger partial charge in [-0.15, -0.1) is 17.9 Å². The molecule has 0 bridgehead atoms. The second-order valence-corrected chi connectivity index (χ2v) is 9.37. The molecule has 0 aromatic carbocycles. The molecule has 1 aromatic heterocycles. The summed E-state index contributed by atoms with van der Waals surface area (Å²) in [6, 6.07) is 0. The van der Waals surface area contributed by atoms with Crippen molar-refractivity contribution in [1.82, 2.24) is 4.98 Å². The number of carbonyl (C=O) groups is 2. The molecule has 1 saturated carbocycles. The van der Waals surface area contributed by atoms with E-state index in [1.807, 2.05) is 19.1 Å². The topological polar surface area (TPSA) is 87.5 Å². The molecule has 27 heavy (non-hydrogen) atoms. The molecule has 148 valence electrons. The quantitative estimate of drug-likeness (QED) is 0.411. The maximum absolute atomic E-state index is 12.2. The van der Waals surface area contributed by atoms with Gasteiger partial charge in [0, 0.05) is 23.5 Å². The summed E-state index contributed by atoms with van der Waals surface area (Å²) in [7, 11) is 0. The molecule has 1 heterocycles. The lowest BCUT2D eigenvalue weighted by Gasteiger charge is -2.21. The maximum Gasteiger partial charge on any atom is 0.355 e. The molecule has 3 atom stereocenters. The van der Waals surface area contributed by atoms with Gasteiger partial charge in [-0.25, -0.2) is 9.78 Å². The third-order valence-electron chi connectivity index (χ3n) is 4.84. The van der Waals surface area contributed by atoms with Gasteiger partial charge in [-0.2, -0.15) is 0 Å². The Morgan fingerprint density at radius 3 is 3.00 bits per heavy atom. The number of aromatic carboxylic acids is 1. The van der Waals surface area contributed by atoms with Crippen LogP contribution in [0.25, 0.3) is 0 Å². The number of carboxylic acids is 1. The molecule has 1 fully saturated rings. The van der Waals surface area contributed by atoms with Gasteiger partial charge in [0.25, 0.3) is 0 Å². The second-order valence-electron chi connectivity index (χ2n) is 7.17. The van der Waals surface area contributed by atoms with Crippen LogP contribution in [0, 0.1) is 11.8 Å². The highest BCUT2D eigenvalue weighted by Crippen LogP contribution is 2.35. The number of thioether (sulfide) groups is 1. The van der Waals surface area contributed by atoms with Gasteiger partial charge in [-0.05, 0) is 44.9 Å². The summed E-state index contributed by atoms with van der Waals surface area (Å²) in [4.78, 5) is 27.2. The maximum atomic E-state index is 12.2. The number of thiazole rings is 1. The standard InChI is InChI=1S/C20H27NO4S2/c1-3-4-10-20(2,25)11-5-6-14-7-8-17(22)15(14)9-12-26-19-21-16(13-27-19)18(23)24/h3,5-6,13-15,25H,1,4,7-12H2,2H3,(H,23,24)/b6-5+/t14-,15-,20+/m1/s1. The number of ketones is 1. The van der Waals surface area contributed by atoms with E-state index in [4.69, 9.17) is 5.11 Å². The lowest BCUT2D eigenvalue weighted by Crippen LogP contribution is -2.22. The van der Waals surface area contributed by atoms with Crippen LogP contribution in [0.1, 0.15) is 55.9 Å². The highest BCUT2D eigenvalue weighted by Gasteiger charge is 2.32. The Kier molecular flexibility index (Phi) is 8.26. The Labute approximate surface area is 168 Å². The fourth-order valence-corrected chi connectivity index (χ4v) is 5.14. The van der Waals surface area contributed by atoms with Crippen LogP contribution in [0.4, 0.5) is 0 Å². The van der Waals surface area contributed by atoms with E-state index < -0.39 is 11.6 Å². The predicted octanol–water partition coefficient (Wildman–Crippen LogP) is 4.58. The Morgan fingerprint density at radius 1 is 1.56 bits per heavy atom. The minimum Gasteiger partial charge on any atom is -0.476 e. The Morgan fingerprint density at radius 2 is 2.33 bits per heavy atom. The van der Waals surface area contributed by atoms with E-state index in [0.717, 1.165) is 29.4 Å². The molecular formula is C20H27NO4S2. The fraction of sp³-hybridized carbons (Fsp3) is 0.550. The zero-order chi connectivity index (χ0) is 19.9. The molecule has 7 heteroatoms. The summed E-state index contributed by atoms with van der Waals surface area (Å²) in [5.74, 6) is 0.252. The lowest BCUT2D eigenvalue weighted by molar-refractivity contribution is -0.121. The summed E-state index contributed by atoms with van der Waals surface area (Å²) >= 11 is 2.83. The summed E-state index contributed by atoms with van der Waals surface area (Å²) in [6.45, 7) is 5.51. The van der Waals surface area contributed by atoms with E-state index in [-0.39, 0.29) is 17.5 Å². The summed E-state index contributed by atoms with van der Waals surface area (Å²) < 4.78 is 0.725. The van der Waals surface area contributed by atoms with Crippen LogP contribution in [0.2, 0.25) is 0 Å². The second kappa shape index (κ2) is 10.2. The molecule has 5 nitrogen and oxygen atoms in total. The molecule has 0 aliphatic heterocycles. The smallest absolute Gasteiger partial charge is 0.355 e. The summed E-state index contributed by atoms with van der Waals surface area (Å²) in [6.07, 6.45) is 10.2. The van der Waals surface area contributed by atoms with Crippen LogP contribution < -0.4 is 0 Å². The van der Waals surface area contributed by atoms with Gasteiger partial charge in [0.2, 0.25) is 0 Å². The van der Waals surface area contributed by atoms with Crippen LogP contribution in [0.15, 0.2) is 34.5 Å². The first-order chi connectivity index (χ1) is 12.8. The van der Waals surface area contributed by atoms with Crippen molar-refractivity contribution in [3.05, 3.63) is 35.9 Å². The van der Waals surface area contributed by atoms with Gasteiger partial charge in [0.15, 0.2) is 10.0 Å². The average Bonchev–Trinajstić information content (AvgIpc) is 3.22. The van der Waals surface area contributed by atoms with Crippen LogP contribution in [-0.4, -0.2) is 38.3 Å². The molecule has 2 N–H and O–H groups in total. The van der Waals surface area contributed by atoms with Crippen molar-refractivity contribution < 1.29 is 19.8 Å². The molecule has 1 aromatic rings. The van der Waals surface area contributed by atoms with Crippen molar-refractivity contribution in [1.29, 1.82) is 0 Å². The third-order valence-corrected chi connectivity index (χ3v) is 6.89. The molecule has 0 saturated heterocycles. The van der Waals surface area contributed by atoms with Crippen molar-refractivity contribution in [2.45, 2.75) is 55.4 Å². The molecule has 0 amide bonds. The number of nitrogens with zero attached hydrogens (tertiary/aromatic N) is 1. The van der Waals surface area contributed by atoms with Gasteiger partial charge in [0.05, 0.1) is 5.60 Å². The highest BCUT2D eigenvalue weighted by molar-refractivity contribution is 8.01. The van der Waals surface area contributed by atoms with Crippen molar-refractivity contribution in [3.63, 3.8) is 0 Å². The highest BCUT2D eigenvalue weighted by atomic mass is 32.2. The monoisotopic (exact) mass is 409 g/mol. The van der Waals surface area contributed by atoms with E-state index in [1.54, 1.807) is 0 Å². The molecule has 0 radical (unpaired) electrons. The lowest BCUT2D eigenvalue weighted by atomic mass is 9.90. The van der Waals surface area contributed by atoms with Crippen LogP contribution in [-0.2, 0) is 4.79 Å². The Hall–Kier alpha value is -1.44. The first-order valence-corrected chi connectivity index (χ1v) is 11.0. The van der Waals surface area contributed by atoms with Crippen molar-refractivity contribution in [2.24, 2.45) is 11.8 Å². The van der Waals surface area contributed by atoms with E-state index >= 15 is 0 Å². The average molecular weight is 410 g/mol. The fourth-order valence-electron chi connectivity index (χ4n) is 3.25. The number of hydrogen-bond donors (Lipinski definition) is 2. The molecule has 1 aliphatic carbocycles. The summed E-state index contributed by atoms with van der Waals surface area (Å²) in [5, 5.41) is 20.8. The largest absolute Gasteiger partial charge is 0.476 e. The molecule has 0 spiro atoms. The van der Waals surface area contributed by atoms with Gasteiger partial charge < -0.3 is 10.2 Å². The number of aliphatic hydroxyl groups is 1. The van der Waals surface area contributed by atoms with Gasteiger partial charge in [-0.3, -0.25) is 4.79 Å². The number of carbonyl (C=O) groups excluding carboxylic acids is 1. The minimum atomic E-state index is -1.02. The zero-order valence-corrected chi connectivity index (χ0v) is 17.2. The number of rotatable bonds is 11. The van der Waals surface area contributed by atoms with E-state index in [2.05, 4.69) is 17.6 Å². The molecule has 0 unspecified atom stereocenters. The third kappa shape index (κ3) is 6.90. The zero-order valence-electron chi connectivity index (χ0n) is 15.6. The Bertz CT molecular complexity index is 696. The number of hydrogen-bond acceptors (Lipinski definition) is 6. The Balaban J connectivity index is 1.83. The van der Waals surface area contributed by atoms with Crippen LogP contribution >= 0.6 is 23.1 Å². The first kappa shape index (κ1) is 21.9. The first-order valence-electron chi connectivity index (χ1n) is 9.16. The normalized spacial score (nSPS) is 22.2. The molecular weight excluding hydrogens is 382 g/mol. The van der Waals surface area contributed by atoms with Gasteiger partial charge in [-0.1, -0.05) is 30.0 Å². The van der Waals surface area contributed by atoms with E-state index in [1.165, 1.54) is 28.5 Å². The number of allylic oxidation sites excluding steroid dienone is 2. The van der Waals surface area contributed by atoms with Crippen molar-refractivity contribution >= 4 is 34.9 Å². The van der Waals surface area contributed by atoms with Crippen molar-refractivity contribution in [3.8, 4) is 0 Å². The van der Waals surface area contributed by atoms with Gasteiger partial charge in [0.1, 0.15) is 5.78 Å². The van der Waals surface area contributed by atoms with Crippen LogP contribution in [0.5, 0.6) is 0 Å². The predicted molar refractivity (Wildman–Crippen MR) is 109 cm³/mol. The van der Waals surface area contributed by atoms with Gasteiger partial charge >= 0.3 is 5.97 Å². The minimum absolute atomic E-state index is 0.00535.